The van der Waals surface area contributed by atoms with E-state index in [4.69, 9.17) is 15.1 Å². The Hall–Kier alpha value is -4.46. The molecule has 144 valence electrons. The molecule has 0 atom stereocenters. The molecule has 0 aliphatic carbocycles. The third-order valence-electron chi connectivity index (χ3n) is 5.08. The average Bonchev–Trinajstić information content (AvgIpc) is 3.51. The minimum absolute atomic E-state index is 0.593. The van der Waals surface area contributed by atoms with Crippen molar-refractivity contribution in [3.05, 3.63) is 67.5 Å². The molecule has 8 nitrogen and oxygen atoms in total. The highest BCUT2D eigenvalue weighted by Gasteiger charge is 2.16. The van der Waals surface area contributed by atoms with Gasteiger partial charge in [-0.1, -0.05) is 0 Å². The second kappa shape index (κ2) is 6.28. The van der Waals surface area contributed by atoms with Gasteiger partial charge in [-0.25, -0.2) is 9.97 Å². The van der Waals surface area contributed by atoms with Gasteiger partial charge in [0.1, 0.15) is 16.9 Å². The van der Waals surface area contributed by atoms with Crippen LogP contribution in [0.1, 0.15) is 0 Å². The second-order valence-electron chi connectivity index (χ2n) is 6.99. The quantitative estimate of drug-likeness (QED) is 0.409. The fourth-order valence-electron chi connectivity index (χ4n) is 3.67. The fourth-order valence-corrected chi connectivity index (χ4v) is 3.67. The third-order valence-corrected chi connectivity index (χ3v) is 5.08. The van der Waals surface area contributed by atoms with E-state index in [2.05, 4.69) is 25.1 Å². The highest BCUT2D eigenvalue weighted by atomic mass is 16.3. The highest BCUT2D eigenvalue weighted by molar-refractivity contribution is 5.98. The molecule has 0 unspecified atom stereocenters. The van der Waals surface area contributed by atoms with Crippen LogP contribution >= 0.6 is 0 Å². The van der Waals surface area contributed by atoms with E-state index in [1.807, 2.05) is 36.4 Å². The molecule has 4 N–H and O–H groups in total. The van der Waals surface area contributed by atoms with Gasteiger partial charge >= 0.3 is 0 Å². The van der Waals surface area contributed by atoms with Crippen molar-refractivity contribution in [3.8, 4) is 33.8 Å². The summed E-state index contributed by atoms with van der Waals surface area (Å²) in [5, 5.41) is 8.54. The van der Waals surface area contributed by atoms with E-state index < -0.39 is 0 Å². The molecule has 6 aromatic heterocycles. The molecule has 0 spiro atoms. The molecule has 30 heavy (non-hydrogen) atoms. The van der Waals surface area contributed by atoms with E-state index in [0.717, 1.165) is 55.8 Å². The minimum Gasteiger partial charge on any atom is -0.472 e. The van der Waals surface area contributed by atoms with Crippen LogP contribution in [0, 0.1) is 0 Å². The van der Waals surface area contributed by atoms with Gasteiger partial charge in [-0.05, 0) is 42.0 Å². The van der Waals surface area contributed by atoms with Crippen LogP contribution in [0.3, 0.4) is 0 Å². The van der Waals surface area contributed by atoms with E-state index in [0.29, 0.717) is 5.69 Å². The van der Waals surface area contributed by atoms with Gasteiger partial charge in [0.25, 0.3) is 0 Å². The first-order valence-electron chi connectivity index (χ1n) is 9.33. The Bertz CT molecular complexity index is 1510. The van der Waals surface area contributed by atoms with Gasteiger partial charge in [0.15, 0.2) is 0 Å². The summed E-state index contributed by atoms with van der Waals surface area (Å²) < 4.78 is 5.25. The number of aromatic amines is 2. The van der Waals surface area contributed by atoms with Crippen LogP contribution in [0.15, 0.2) is 71.9 Å². The Morgan fingerprint density at radius 3 is 2.83 bits per heavy atom. The lowest BCUT2D eigenvalue weighted by Gasteiger charge is -2.02. The zero-order valence-corrected chi connectivity index (χ0v) is 15.6. The van der Waals surface area contributed by atoms with Gasteiger partial charge in [-0.2, -0.15) is 5.10 Å². The smallest absolute Gasteiger partial charge is 0.138 e. The number of aromatic nitrogens is 6. The summed E-state index contributed by atoms with van der Waals surface area (Å²) in [5.41, 5.74) is 14.1. The van der Waals surface area contributed by atoms with E-state index in [1.54, 1.807) is 31.1 Å². The van der Waals surface area contributed by atoms with Crippen molar-refractivity contribution < 1.29 is 4.42 Å². The van der Waals surface area contributed by atoms with Crippen LogP contribution in [0.4, 0.5) is 5.69 Å². The summed E-state index contributed by atoms with van der Waals surface area (Å²) in [4.78, 5) is 16.8. The normalized spacial score (nSPS) is 11.5. The van der Waals surface area contributed by atoms with Gasteiger partial charge in [-0.15, -0.1) is 0 Å². The van der Waals surface area contributed by atoms with Crippen LogP contribution in [-0.2, 0) is 0 Å². The first-order valence-corrected chi connectivity index (χ1v) is 9.33. The molecule has 6 rings (SSSR count). The third kappa shape index (κ3) is 2.55. The van der Waals surface area contributed by atoms with E-state index in [-0.39, 0.29) is 0 Å². The first kappa shape index (κ1) is 16.5. The predicted molar refractivity (Wildman–Crippen MR) is 114 cm³/mol. The van der Waals surface area contributed by atoms with Crippen molar-refractivity contribution in [2.45, 2.75) is 0 Å². The lowest BCUT2D eigenvalue weighted by Crippen LogP contribution is -1.90. The number of fused-ring (bicyclic) bond motifs is 2. The molecule has 0 amide bonds. The van der Waals surface area contributed by atoms with Crippen LogP contribution in [0.25, 0.3) is 55.8 Å². The molecule has 6 aromatic rings. The van der Waals surface area contributed by atoms with Crippen LogP contribution in [0.2, 0.25) is 0 Å². The molecule has 0 aliphatic heterocycles. The van der Waals surface area contributed by atoms with Gasteiger partial charge in [0.05, 0.1) is 35.1 Å². The number of hydrogen-bond donors (Lipinski definition) is 3. The summed E-state index contributed by atoms with van der Waals surface area (Å²) >= 11 is 0. The van der Waals surface area contributed by atoms with Crippen molar-refractivity contribution in [3.63, 3.8) is 0 Å². The van der Waals surface area contributed by atoms with Crippen molar-refractivity contribution in [1.29, 1.82) is 0 Å². The number of nitrogens with one attached hydrogen (secondary N) is 2. The summed E-state index contributed by atoms with van der Waals surface area (Å²) in [5.74, 6) is 0. The molecule has 0 fully saturated rings. The number of hydrogen-bond acceptors (Lipinski definition) is 6. The number of nitrogens with zero attached hydrogens (tertiary/aromatic N) is 4. The molecular formula is C22H15N7O. The standard InChI is InChI=1S/C22H15N7O/c23-14-7-13(9-24-10-14)17-1-2-18-20(26-17)21(29-28-18)19-8-16-15(12-4-6-30-11-12)3-5-25-22(16)27-19/h1-11H,23H2,(H,25,27)(H,28,29). The van der Waals surface area contributed by atoms with Crippen molar-refractivity contribution in [1.82, 2.24) is 30.1 Å². The highest BCUT2D eigenvalue weighted by Crippen LogP contribution is 2.33. The summed E-state index contributed by atoms with van der Waals surface area (Å²) in [6, 6.07) is 11.7. The fraction of sp³-hybridized carbons (Fsp3) is 0. The topological polar surface area (TPSA) is 122 Å². The van der Waals surface area contributed by atoms with Gasteiger partial charge in [-0.3, -0.25) is 10.1 Å². The number of nitrogen functional groups attached to an aromatic ring is 1. The Kier molecular flexibility index (Phi) is 3.45. The summed E-state index contributed by atoms with van der Waals surface area (Å²) in [7, 11) is 0. The zero-order valence-electron chi connectivity index (χ0n) is 15.6. The van der Waals surface area contributed by atoms with E-state index in [9.17, 15) is 0 Å². The zero-order chi connectivity index (χ0) is 20.1. The lowest BCUT2D eigenvalue weighted by molar-refractivity contribution is 0.568. The number of furan rings is 1. The molecule has 8 heteroatoms. The largest absolute Gasteiger partial charge is 0.472 e. The Labute approximate surface area is 169 Å². The van der Waals surface area contributed by atoms with E-state index >= 15 is 0 Å². The maximum Gasteiger partial charge on any atom is 0.138 e. The maximum absolute atomic E-state index is 5.88. The number of H-pyrrole nitrogens is 2. The Morgan fingerprint density at radius 2 is 1.97 bits per heavy atom. The van der Waals surface area contributed by atoms with Gasteiger partial charge < -0.3 is 15.1 Å². The Balaban J connectivity index is 1.52. The maximum atomic E-state index is 5.88. The number of anilines is 1. The first-order chi connectivity index (χ1) is 14.8. The molecule has 0 aromatic carbocycles. The lowest BCUT2D eigenvalue weighted by atomic mass is 10.1. The minimum atomic E-state index is 0.593. The molecular weight excluding hydrogens is 378 g/mol. The van der Waals surface area contributed by atoms with Gasteiger partial charge in [0, 0.05) is 35.1 Å². The predicted octanol–water partition coefficient (Wildman–Crippen LogP) is 4.41. The van der Waals surface area contributed by atoms with Crippen molar-refractivity contribution in [2.24, 2.45) is 0 Å². The number of rotatable bonds is 3. The molecule has 0 saturated heterocycles. The van der Waals surface area contributed by atoms with E-state index in [1.165, 1.54) is 0 Å². The van der Waals surface area contributed by atoms with Crippen LogP contribution in [-0.4, -0.2) is 30.1 Å². The molecule has 0 bridgehead atoms. The molecule has 6 heterocycles. The second-order valence-corrected chi connectivity index (χ2v) is 6.99. The van der Waals surface area contributed by atoms with Gasteiger partial charge in [0.2, 0.25) is 0 Å². The van der Waals surface area contributed by atoms with Crippen LogP contribution in [0.5, 0.6) is 0 Å². The number of pyridine rings is 3. The summed E-state index contributed by atoms with van der Waals surface area (Å²) in [6.45, 7) is 0. The van der Waals surface area contributed by atoms with Crippen LogP contribution < -0.4 is 5.73 Å². The average molecular weight is 393 g/mol. The SMILES string of the molecule is Nc1cncc(-c2ccc3[nH]nc(-c4cc5c(-c6ccoc6)ccnc5[nH]4)c3n2)c1. The molecule has 0 saturated carbocycles. The number of nitrogens with two attached hydrogens (primary N) is 1. The molecule has 0 radical (unpaired) electrons. The monoisotopic (exact) mass is 393 g/mol. The Morgan fingerprint density at radius 1 is 1.00 bits per heavy atom. The molecule has 0 aliphatic rings. The van der Waals surface area contributed by atoms with Crippen molar-refractivity contribution in [2.75, 3.05) is 5.73 Å². The summed E-state index contributed by atoms with van der Waals surface area (Å²) in [6.07, 6.45) is 8.51. The van der Waals surface area contributed by atoms with Crippen molar-refractivity contribution >= 4 is 27.8 Å².